The molecule has 0 fully saturated rings. The highest BCUT2D eigenvalue weighted by molar-refractivity contribution is 7.89. The van der Waals surface area contributed by atoms with Crippen LogP contribution in [0.15, 0.2) is 76.2 Å². The van der Waals surface area contributed by atoms with E-state index in [2.05, 4.69) is 20.0 Å². The van der Waals surface area contributed by atoms with Crippen molar-refractivity contribution < 1.29 is 17.6 Å². The average Bonchev–Trinajstić information content (AvgIpc) is 3.24. The van der Waals surface area contributed by atoms with Crippen LogP contribution >= 0.6 is 0 Å². The molecule has 0 bridgehead atoms. The summed E-state index contributed by atoms with van der Waals surface area (Å²) in [5.74, 6) is 1.57. The Hall–Kier alpha value is -4.02. The fourth-order valence-corrected chi connectivity index (χ4v) is 4.88. The first-order valence-electron chi connectivity index (χ1n) is 10.9. The smallest absolute Gasteiger partial charge is 0.240 e. The molecule has 0 spiro atoms. The molecule has 0 radical (unpaired) electrons. The van der Waals surface area contributed by atoms with E-state index in [1.165, 1.54) is 12.1 Å². The Morgan fingerprint density at radius 3 is 2.57 bits per heavy atom. The van der Waals surface area contributed by atoms with Crippen LogP contribution in [-0.2, 0) is 27.8 Å². The van der Waals surface area contributed by atoms with Gasteiger partial charge in [0.1, 0.15) is 11.5 Å². The number of fused-ring (bicyclic) bond motifs is 3. The summed E-state index contributed by atoms with van der Waals surface area (Å²) >= 11 is 0. The Morgan fingerprint density at radius 2 is 1.83 bits per heavy atom. The summed E-state index contributed by atoms with van der Waals surface area (Å²) in [6.07, 6.45) is 1.86. The van der Waals surface area contributed by atoms with Crippen molar-refractivity contribution in [3.05, 3.63) is 83.9 Å². The van der Waals surface area contributed by atoms with Gasteiger partial charge >= 0.3 is 0 Å². The number of aromatic nitrogens is 2. The van der Waals surface area contributed by atoms with Crippen molar-refractivity contribution in [1.82, 2.24) is 14.7 Å². The van der Waals surface area contributed by atoms with Crippen LogP contribution in [0.25, 0.3) is 11.3 Å². The van der Waals surface area contributed by atoms with E-state index in [9.17, 15) is 13.2 Å². The van der Waals surface area contributed by atoms with Gasteiger partial charge in [0.05, 0.1) is 29.2 Å². The molecule has 3 heterocycles. The first-order chi connectivity index (χ1) is 16.8. The lowest BCUT2D eigenvalue weighted by Gasteiger charge is -2.16. The van der Waals surface area contributed by atoms with Crippen LogP contribution in [0, 0.1) is 6.92 Å². The molecule has 5 rings (SSSR count). The van der Waals surface area contributed by atoms with Gasteiger partial charge in [-0.05, 0) is 49.4 Å². The number of amides is 1. The minimum atomic E-state index is -3.70. The number of aryl methyl sites for hydroxylation is 1. The maximum Gasteiger partial charge on any atom is 0.240 e. The Labute approximate surface area is 202 Å². The molecule has 35 heavy (non-hydrogen) atoms. The number of sulfonamides is 1. The molecule has 0 unspecified atom stereocenters. The molecule has 10 heteroatoms. The molecule has 178 valence electrons. The van der Waals surface area contributed by atoms with Gasteiger partial charge in [-0.15, -0.1) is 0 Å². The highest BCUT2D eigenvalue weighted by atomic mass is 32.2. The first-order valence-corrected chi connectivity index (χ1v) is 12.4. The number of para-hydroxylation sites is 1. The summed E-state index contributed by atoms with van der Waals surface area (Å²) in [4.78, 5) is 23.3. The van der Waals surface area contributed by atoms with Gasteiger partial charge in [-0.2, -0.15) is 0 Å². The van der Waals surface area contributed by atoms with Gasteiger partial charge in [-0.25, -0.2) is 23.1 Å². The number of nitrogens with zero attached hydrogens (tertiary/aromatic N) is 3. The van der Waals surface area contributed by atoms with Crippen molar-refractivity contribution in [2.75, 3.05) is 17.3 Å². The Kier molecular flexibility index (Phi) is 5.83. The van der Waals surface area contributed by atoms with Crippen LogP contribution in [0.3, 0.4) is 0 Å². The highest BCUT2D eigenvalue weighted by Crippen LogP contribution is 2.35. The van der Waals surface area contributed by atoms with Crippen LogP contribution in [-0.4, -0.2) is 31.3 Å². The molecule has 1 amide bonds. The second kappa shape index (κ2) is 8.97. The summed E-state index contributed by atoms with van der Waals surface area (Å²) in [6.45, 7) is 1.87. The number of hydrogen-bond donors (Lipinski definition) is 2. The van der Waals surface area contributed by atoms with Crippen LogP contribution in [0.5, 0.6) is 0 Å². The van der Waals surface area contributed by atoms with Gasteiger partial charge in [0.15, 0.2) is 0 Å². The van der Waals surface area contributed by atoms with Crippen molar-refractivity contribution in [2.24, 2.45) is 0 Å². The zero-order valence-electron chi connectivity index (χ0n) is 19.1. The maximum atomic E-state index is 12.6. The van der Waals surface area contributed by atoms with Crippen molar-refractivity contribution in [3.8, 4) is 11.3 Å². The van der Waals surface area contributed by atoms with Gasteiger partial charge in [0.2, 0.25) is 21.9 Å². The monoisotopic (exact) mass is 489 g/mol. The fraction of sp³-hybridized carbons (Fsp3) is 0.160. The second-order valence-electron chi connectivity index (χ2n) is 8.20. The van der Waals surface area contributed by atoms with E-state index in [1.54, 1.807) is 49.3 Å². The van der Waals surface area contributed by atoms with E-state index in [1.807, 2.05) is 24.3 Å². The van der Waals surface area contributed by atoms with Gasteiger partial charge in [-0.1, -0.05) is 18.2 Å². The SMILES string of the molecule is Cc1ccc(CNS(=O)(=O)c2ccc(Nc3ncc4c(n3)-c3ccccc3N(C)C(=O)C4)cc2)o1. The van der Waals surface area contributed by atoms with Gasteiger partial charge in [0, 0.05) is 30.1 Å². The molecule has 2 N–H and O–H groups in total. The molecular formula is C25H23N5O4S. The van der Waals surface area contributed by atoms with Crippen molar-refractivity contribution in [1.29, 1.82) is 0 Å². The topological polar surface area (TPSA) is 117 Å². The van der Waals surface area contributed by atoms with Crippen molar-refractivity contribution >= 4 is 33.3 Å². The third-order valence-electron chi connectivity index (χ3n) is 5.75. The summed E-state index contributed by atoms with van der Waals surface area (Å²) in [7, 11) is -1.95. The highest BCUT2D eigenvalue weighted by Gasteiger charge is 2.24. The molecule has 1 aliphatic heterocycles. The molecule has 1 aliphatic rings. The quantitative estimate of drug-likeness (QED) is 0.423. The molecule has 2 aromatic heterocycles. The predicted molar refractivity (Wildman–Crippen MR) is 132 cm³/mol. The van der Waals surface area contributed by atoms with Crippen LogP contribution in [0.1, 0.15) is 17.1 Å². The Morgan fingerprint density at radius 1 is 1.06 bits per heavy atom. The van der Waals surface area contributed by atoms with Gasteiger partial charge in [0.25, 0.3) is 0 Å². The molecule has 0 saturated carbocycles. The third kappa shape index (κ3) is 4.66. The number of rotatable bonds is 6. The number of benzene rings is 2. The lowest BCUT2D eigenvalue weighted by Crippen LogP contribution is -2.26. The van der Waals surface area contributed by atoms with E-state index in [4.69, 9.17) is 4.42 Å². The lowest BCUT2D eigenvalue weighted by molar-refractivity contribution is -0.117. The van der Waals surface area contributed by atoms with Crippen LogP contribution in [0.2, 0.25) is 0 Å². The molecule has 0 atom stereocenters. The fourth-order valence-electron chi connectivity index (χ4n) is 3.89. The van der Waals surface area contributed by atoms with E-state index in [0.29, 0.717) is 23.1 Å². The normalized spacial score (nSPS) is 13.2. The summed E-state index contributed by atoms with van der Waals surface area (Å²) < 4.78 is 33.2. The van der Waals surface area contributed by atoms with E-state index in [-0.39, 0.29) is 23.8 Å². The first kappa shape index (κ1) is 22.8. The molecule has 4 aromatic rings. The van der Waals surface area contributed by atoms with E-state index in [0.717, 1.165) is 22.6 Å². The Bertz CT molecular complexity index is 1510. The largest absolute Gasteiger partial charge is 0.465 e. The molecule has 0 saturated heterocycles. The summed E-state index contributed by atoms with van der Waals surface area (Å²) in [6, 6.07) is 17.4. The standard InChI is InChI=1S/C25H23N5O4S/c1-16-7-10-19(34-16)15-27-35(32,33)20-11-8-18(9-12-20)28-25-26-14-17-13-23(31)30(2)22-6-4-3-5-21(22)24(17)29-25/h3-12,14,27H,13,15H2,1-2H3,(H,26,28,29). The van der Waals surface area contributed by atoms with E-state index >= 15 is 0 Å². The van der Waals surface area contributed by atoms with Crippen molar-refractivity contribution in [2.45, 2.75) is 24.8 Å². The minimum absolute atomic E-state index is 0.0342. The molecule has 9 nitrogen and oxygen atoms in total. The van der Waals surface area contributed by atoms with Gasteiger partial charge in [-0.3, -0.25) is 4.79 Å². The number of carbonyl (C=O) groups excluding carboxylic acids is 1. The zero-order chi connectivity index (χ0) is 24.6. The number of anilines is 3. The number of hydrogen-bond acceptors (Lipinski definition) is 7. The number of carbonyl (C=O) groups is 1. The third-order valence-corrected chi connectivity index (χ3v) is 7.17. The molecule has 0 aliphatic carbocycles. The van der Waals surface area contributed by atoms with E-state index < -0.39 is 10.0 Å². The predicted octanol–water partition coefficient (Wildman–Crippen LogP) is 3.79. The molecule has 2 aromatic carbocycles. The Balaban J connectivity index is 1.35. The number of furan rings is 1. The minimum Gasteiger partial charge on any atom is -0.465 e. The average molecular weight is 490 g/mol. The van der Waals surface area contributed by atoms with Crippen LogP contribution < -0.4 is 14.9 Å². The molecular weight excluding hydrogens is 466 g/mol. The maximum absolute atomic E-state index is 12.6. The zero-order valence-corrected chi connectivity index (χ0v) is 20.0. The van der Waals surface area contributed by atoms with Gasteiger partial charge < -0.3 is 14.6 Å². The van der Waals surface area contributed by atoms with Crippen molar-refractivity contribution in [3.63, 3.8) is 0 Å². The summed E-state index contributed by atoms with van der Waals surface area (Å²) in [5, 5.41) is 3.12. The second-order valence-corrected chi connectivity index (χ2v) is 9.97. The van der Waals surface area contributed by atoms with Crippen LogP contribution in [0.4, 0.5) is 17.3 Å². The number of likely N-dealkylation sites (N-methyl/N-ethyl adjacent to an activating group) is 1. The number of nitrogens with one attached hydrogen (secondary N) is 2. The lowest BCUT2D eigenvalue weighted by atomic mass is 10.1. The summed E-state index contributed by atoms with van der Waals surface area (Å²) in [5.41, 5.74) is 3.69.